The fourth-order valence-corrected chi connectivity index (χ4v) is 2.75. The maximum atomic E-state index is 9.69. The van der Waals surface area contributed by atoms with Crippen molar-refractivity contribution in [2.75, 3.05) is 6.54 Å². The molecule has 0 bridgehead atoms. The molecule has 19 heavy (non-hydrogen) atoms. The molecule has 0 aromatic heterocycles. The van der Waals surface area contributed by atoms with E-state index in [1.165, 1.54) is 11.1 Å². The van der Waals surface area contributed by atoms with Crippen LogP contribution in [0.1, 0.15) is 16.7 Å². The Bertz CT molecular complexity index is 525. The van der Waals surface area contributed by atoms with Crippen LogP contribution in [0.3, 0.4) is 0 Å². The van der Waals surface area contributed by atoms with Crippen LogP contribution in [0.2, 0.25) is 26.5 Å². The molecule has 1 heterocycles. The van der Waals surface area contributed by atoms with Gasteiger partial charge in [-0.25, -0.2) is 0 Å². The van der Waals surface area contributed by atoms with Crippen molar-refractivity contribution >= 4 is 15.1 Å². The van der Waals surface area contributed by atoms with E-state index in [1.807, 2.05) is 6.82 Å². The van der Waals surface area contributed by atoms with Gasteiger partial charge in [0.2, 0.25) is 0 Å². The minimum Gasteiger partial charge on any atom is -0.437 e. The molecule has 1 aliphatic rings. The number of nitrogens with zero attached hydrogens (tertiary/aromatic N) is 1. The third kappa shape index (κ3) is 3.97. The summed E-state index contributed by atoms with van der Waals surface area (Å²) in [5.74, 6) is 3.31. The molecule has 0 saturated carbocycles. The number of fused-ring (bicyclic) bond motifs is 1. The fourth-order valence-electron chi connectivity index (χ4n) is 2.24. The Morgan fingerprint density at radius 1 is 1.26 bits per heavy atom. The largest absolute Gasteiger partial charge is 0.437 e. The van der Waals surface area contributed by atoms with E-state index in [-0.39, 0.29) is 7.05 Å². The van der Waals surface area contributed by atoms with E-state index >= 15 is 0 Å². The Kier molecular flexibility index (Phi) is 4.20. The van der Waals surface area contributed by atoms with Gasteiger partial charge in [-0.05, 0) is 43.0 Å². The number of rotatable bonds is 1. The first-order chi connectivity index (χ1) is 8.85. The Morgan fingerprint density at radius 3 is 2.63 bits per heavy atom. The lowest BCUT2D eigenvalue weighted by Crippen LogP contribution is -2.40. The van der Waals surface area contributed by atoms with Gasteiger partial charge < -0.3 is 9.83 Å². The quantitative estimate of drug-likeness (QED) is 0.626. The summed E-state index contributed by atoms with van der Waals surface area (Å²) in [5.41, 5.74) is 7.22. The van der Waals surface area contributed by atoms with Gasteiger partial charge in [-0.1, -0.05) is 31.6 Å². The van der Waals surface area contributed by atoms with Gasteiger partial charge in [-0.2, -0.15) is 0 Å². The van der Waals surface area contributed by atoms with Crippen molar-refractivity contribution in [1.82, 2.24) is 4.81 Å². The minimum atomic E-state index is -1.32. The summed E-state index contributed by atoms with van der Waals surface area (Å²) >= 11 is 0. The molecule has 2 nitrogen and oxygen atoms in total. The monoisotopic (exact) mass is 271 g/mol. The Balaban J connectivity index is 2.23. The van der Waals surface area contributed by atoms with Crippen LogP contribution in [0.5, 0.6) is 0 Å². The van der Waals surface area contributed by atoms with Crippen LogP contribution in [-0.4, -0.2) is 31.5 Å². The maximum absolute atomic E-state index is 9.69. The molecule has 0 atom stereocenters. The van der Waals surface area contributed by atoms with Gasteiger partial charge in [0.1, 0.15) is 8.07 Å². The first kappa shape index (κ1) is 14.4. The van der Waals surface area contributed by atoms with Crippen LogP contribution >= 0.6 is 0 Å². The van der Waals surface area contributed by atoms with Crippen molar-refractivity contribution in [2.45, 2.75) is 39.4 Å². The molecular formula is C15H22BNOSi. The molecule has 1 N–H and O–H groups in total. The van der Waals surface area contributed by atoms with E-state index in [2.05, 4.69) is 54.1 Å². The molecule has 0 saturated heterocycles. The van der Waals surface area contributed by atoms with E-state index in [4.69, 9.17) is 0 Å². The van der Waals surface area contributed by atoms with Crippen LogP contribution in [-0.2, 0) is 13.0 Å². The molecule has 1 aromatic carbocycles. The molecule has 4 heteroatoms. The summed E-state index contributed by atoms with van der Waals surface area (Å²) in [7, 11) is -1.69. The SMILES string of the molecule is CB(O)N1CCc2ccc(C#C[Si](C)(C)C)cc2C1. The van der Waals surface area contributed by atoms with E-state index in [1.54, 1.807) is 0 Å². The lowest BCUT2D eigenvalue weighted by atomic mass is 9.81. The van der Waals surface area contributed by atoms with Gasteiger partial charge in [0.25, 0.3) is 0 Å². The van der Waals surface area contributed by atoms with Gasteiger partial charge in [-0.15, -0.1) is 5.54 Å². The van der Waals surface area contributed by atoms with Crippen molar-refractivity contribution in [3.63, 3.8) is 0 Å². The summed E-state index contributed by atoms with van der Waals surface area (Å²) in [6, 6.07) is 6.52. The molecular weight excluding hydrogens is 249 g/mol. The lowest BCUT2D eigenvalue weighted by molar-refractivity contribution is 0.347. The van der Waals surface area contributed by atoms with Gasteiger partial charge >= 0.3 is 7.05 Å². The smallest absolute Gasteiger partial charge is 0.376 e. The second kappa shape index (κ2) is 5.54. The Morgan fingerprint density at radius 2 is 2.00 bits per heavy atom. The molecule has 2 rings (SSSR count). The van der Waals surface area contributed by atoms with Crippen LogP contribution in [0.15, 0.2) is 18.2 Å². The predicted octanol–water partition coefficient (Wildman–Crippen LogP) is 2.38. The van der Waals surface area contributed by atoms with Crippen molar-refractivity contribution < 1.29 is 5.02 Å². The molecule has 0 fully saturated rings. The van der Waals surface area contributed by atoms with Crippen LogP contribution in [0.25, 0.3) is 0 Å². The van der Waals surface area contributed by atoms with Crippen molar-refractivity contribution in [2.24, 2.45) is 0 Å². The third-order valence-corrected chi connectivity index (χ3v) is 4.23. The standard InChI is InChI=1S/C15H22BNOSi/c1-16(18)17-9-7-14-6-5-13(11-15(14)12-17)8-10-19(2,3)4/h5-6,11,18H,7,9,12H2,1-4H3. The molecule has 0 aliphatic carbocycles. The van der Waals surface area contributed by atoms with E-state index in [0.717, 1.165) is 25.1 Å². The average molecular weight is 271 g/mol. The summed E-state index contributed by atoms with van der Waals surface area (Å²) < 4.78 is 0. The zero-order valence-electron chi connectivity index (χ0n) is 12.3. The van der Waals surface area contributed by atoms with Crippen molar-refractivity contribution in [1.29, 1.82) is 0 Å². The number of hydrogen-bond acceptors (Lipinski definition) is 2. The van der Waals surface area contributed by atoms with Crippen LogP contribution in [0, 0.1) is 11.5 Å². The maximum Gasteiger partial charge on any atom is 0.376 e. The highest BCUT2D eigenvalue weighted by Gasteiger charge is 2.22. The summed E-state index contributed by atoms with van der Waals surface area (Å²) in [4.78, 5) is 2.10. The Hall–Kier alpha value is -1.02. The first-order valence-corrected chi connectivity index (χ1v) is 10.4. The molecule has 0 radical (unpaired) electrons. The zero-order chi connectivity index (χ0) is 14.0. The minimum absolute atomic E-state index is 0.370. The number of hydrogen-bond donors (Lipinski definition) is 1. The van der Waals surface area contributed by atoms with Gasteiger partial charge in [-0.3, -0.25) is 0 Å². The average Bonchev–Trinajstić information content (AvgIpc) is 2.34. The van der Waals surface area contributed by atoms with Crippen molar-refractivity contribution in [3.05, 3.63) is 34.9 Å². The molecule has 0 spiro atoms. The highest BCUT2D eigenvalue weighted by atomic mass is 28.3. The van der Waals surface area contributed by atoms with Crippen molar-refractivity contribution in [3.8, 4) is 11.5 Å². The van der Waals surface area contributed by atoms with Gasteiger partial charge in [0.05, 0.1) is 0 Å². The molecule has 1 aromatic rings. The highest BCUT2D eigenvalue weighted by Crippen LogP contribution is 2.20. The topological polar surface area (TPSA) is 23.5 Å². The third-order valence-electron chi connectivity index (χ3n) is 3.36. The lowest BCUT2D eigenvalue weighted by Gasteiger charge is -2.29. The van der Waals surface area contributed by atoms with E-state index < -0.39 is 8.07 Å². The second-order valence-corrected chi connectivity index (χ2v) is 11.1. The zero-order valence-corrected chi connectivity index (χ0v) is 13.3. The van der Waals surface area contributed by atoms with Gasteiger partial charge in [0, 0.05) is 12.1 Å². The van der Waals surface area contributed by atoms with E-state index in [9.17, 15) is 5.02 Å². The predicted molar refractivity (Wildman–Crippen MR) is 84.6 cm³/mol. The molecule has 0 amide bonds. The number of benzene rings is 1. The second-order valence-electron chi connectivity index (χ2n) is 6.34. The summed E-state index contributed by atoms with van der Waals surface area (Å²) in [6.07, 6.45) is 1.02. The normalized spacial score (nSPS) is 15.4. The summed E-state index contributed by atoms with van der Waals surface area (Å²) in [6.45, 7) is 10.4. The van der Waals surface area contributed by atoms with Gasteiger partial charge in [0.15, 0.2) is 0 Å². The van der Waals surface area contributed by atoms with Crippen LogP contribution in [0.4, 0.5) is 0 Å². The molecule has 0 unspecified atom stereocenters. The molecule has 1 aliphatic heterocycles. The fraction of sp³-hybridized carbons (Fsp3) is 0.467. The summed E-state index contributed by atoms with van der Waals surface area (Å²) in [5, 5.41) is 9.69. The first-order valence-electron chi connectivity index (χ1n) is 6.92. The van der Waals surface area contributed by atoms with Crippen LogP contribution < -0.4 is 0 Å². The highest BCUT2D eigenvalue weighted by molar-refractivity contribution is 6.83. The Labute approximate surface area is 118 Å². The van der Waals surface area contributed by atoms with E-state index in [0.29, 0.717) is 0 Å². The molecule has 100 valence electrons.